The Hall–Kier alpha value is -2.30. The van der Waals surface area contributed by atoms with Crippen molar-refractivity contribution < 1.29 is 9.53 Å². The van der Waals surface area contributed by atoms with E-state index in [0.717, 1.165) is 18.7 Å². The predicted molar refractivity (Wildman–Crippen MR) is 94.4 cm³/mol. The van der Waals surface area contributed by atoms with Crippen LogP contribution >= 0.6 is 0 Å². The Morgan fingerprint density at radius 1 is 1.13 bits per heavy atom. The minimum absolute atomic E-state index is 0.132. The number of hydrogen-bond acceptors (Lipinski definition) is 4. The molecule has 0 aromatic heterocycles. The summed E-state index contributed by atoms with van der Waals surface area (Å²) in [5.41, 5.74) is 2.12. The summed E-state index contributed by atoms with van der Waals surface area (Å²) in [6, 6.07) is 8.53. The molecular weight excluding hydrogens is 290 g/mol. The molecule has 1 aliphatic rings. The molecule has 2 rings (SSSR count). The summed E-state index contributed by atoms with van der Waals surface area (Å²) in [5, 5.41) is 0. The van der Waals surface area contributed by atoms with E-state index in [0.29, 0.717) is 24.9 Å². The van der Waals surface area contributed by atoms with E-state index in [1.54, 1.807) is 11.0 Å². The summed E-state index contributed by atoms with van der Waals surface area (Å²) in [6.07, 6.45) is 1.77. The molecular formula is C18H25N3O2. The Morgan fingerprint density at radius 3 is 2.30 bits per heavy atom. The minimum Gasteiger partial charge on any atom is -0.420 e. The second-order valence-electron chi connectivity index (χ2n) is 5.18. The second-order valence-corrected chi connectivity index (χ2v) is 5.18. The van der Waals surface area contributed by atoms with Crippen LogP contribution in [0.15, 0.2) is 35.0 Å². The lowest BCUT2D eigenvalue weighted by atomic mass is 10.1. The number of amides is 1. The number of amidine groups is 1. The molecule has 1 aromatic rings. The third-order valence-electron chi connectivity index (χ3n) is 3.82. The molecule has 23 heavy (non-hydrogen) atoms. The van der Waals surface area contributed by atoms with E-state index in [1.807, 2.05) is 26.0 Å². The Morgan fingerprint density at radius 2 is 1.78 bits per heavy atom. The molecule has 0 bridgehead atoms. The van der Waals surface area contributed by atoms with Crippen LogP contribution in [0.5, 0.6) is 0 Å². The number of ether oxygens (including phenoxy) is 1. The lowest BCUT2D eigenvalue weighted by molar-refractivity contribution is -0.122. The quantitative estimate of drug-likeness (QED) is 0.758. The Bertz CT molecular complexity index is 601. The summed E-state index contributed by atoms with van der Waals surface area (Å²) >= 11 is 0. The van der Waals surface area contributed by atoms with Gasteiger partial charge in [0.25, 0.3) is 11.9 Å². The van der Waals surface area contributed by atoms with Crippen molar-refractivity contribution in [3.8, 4) is 0 Å². The van der Waals surface area contributed by atoms with Crippen molar-refractivity contribution >= 4 is 23.7 Å². The molecule has 1 aliphatic heterocycles. The molecule has 1 aromatic carbocycles. The summed E-state index contributed by atoms with van der Waals surface area (Å²) in [6.45, 7) is 11.2. The van der Waals surface area contributed by atoms with Gasteiger partial charge in [-0.3, -0.25) is 9.69 Å². The van der Waals surface area contributed by atoms with Gasteiger partial charge < -0.3 is 9.64 Å². The van der Waals surface area contributed by atoms with Gasteiger partial charge in [-0.25, -0.2) is 4.99 Å². The molecule has 0 radical (unpaired) electrons. The van der Waals surface area contributed by atoms with Gasteiger partial charge in [-0.05, 0) is 51.5 Å². The highest BCUT2D eigenvalue weighted by atomic mass is 16.5. The van der Waals surface area contributed by atoms with Gasteiger partial charge in [-0.1, -0.05) is 12.1 Å². The number of nitrogens with zero attached hydrogens (tertiary/aromatic N) is 3. The number of carbonyl (C=O) groups is 1. The number of benzene rings is 1. The highest BCUT2D eigenvalue weighted by Gasteiger charge is 2.33. The smallest absolute Gasteiger partial charge is 0.300 e. The fraction of sp³-hybridized carbons (Fsp3) is 0.444. The first-order chi connectivity index (χ1) is 11.1. The zero-order valence-electron chi connectivity index (χ0n) is 14.4. The van der Waals surface area contributed by atoms with Crippen molar-refractivity contribution in [3.05, 3.63) is 35.6 Å². The van der Waals surface area contributed by atoms with E-state index >= 15 is 0 Å². The van der Waals surface area contributed by atoms with E-state index in [1.165, 1.54) is 5.69 Å². The van der Waals surface area contributed by atoms with Crippen LogP contribution in [0.1, 0.15) is 33.3 Å². The second kappa shape index (κ2) is 7.81. The molecule has 1 heterocycles. The van der Waals surface area contributed by atoms with Gasteiger partial charge in [0.1, 0.15) is 0 Å². The van der Waals surface area contributed by atoms with Gasteiger partial charge in [0, 0.05) is 31.9 Å². The number of anilines is 1. The normalized spacial score (nSPS) is 17.9. The molecule has 5 nitrogen and oxygen atoms in total. The molecule has 124 valence electrons. The fourth-order valence-corrected chi connectivity index (χ4v) is 2.56. The van der Waals surface area contributed by atoms with Gasteiger partial charge in [-0.15, -0.1) is 0 Å². The average molecular weight is 315 g/mol. The third-order valence-corrected chi connectivity index (χ3v) is 3.82. The van der Waals surface area contributed by atoms with Crippen LogP contribution in [-0.2, 0) is 9.53 Å². The number of rotatable bonds is 6. The van der Waals surface area contributed by atoms with Crippen molar-refractivity contribution in [1.82, 2.24) is 4.90 Å². The largest absolute Gasteiger partial charge is 0.420 e. The maximum atomic E-state index is 12.3. The van der Waals surface area contributed by atoms with Crippen LogP contribution in [0.4, 0.5) is 5.69 Å². The van der Waals surface area contributed by atoms with Crippen LogP contribution in [-0.4, -0.2) is 43.0 Å². The average Bonchev–Trinajstić information content (AvgIpc) is 2.85. The summed E-state index contributed by atoms with van der Waals surface area (Å²) < 4.78 is 5.62. The summed E-state index contributed by atoms with van der Waals surface area (Å²) in [7, 11) is 0. The monoisotopic (exact) mass is 315 g/mol. The molecule has 0 atom stereocenters. The Balaban J connectivity index is 2.22. The molecule has 0 spiro atoms. The highest BCUT2D eigenvalue weighted by molar-refractivity contribution is 6.11. The lowest BCUT2D eigenvalue weighted by Crippen LogP contribution is -2.29. The Kier molecular flexibility index (Phi) is 5.79. The molecule has 1 saturated heterocycles. The minimum atomic E-state index is -0.132. The van der Waals surface area contributed by atoms with E-state index in [2.05, 4.69) is 35.9 Å². The fourth-order valence-electron chi connectivity index (χ4n) is 2.56. The standard InChI is InChI=1S/C18H25N3O2/c1-5-19-18-21(8-4)17(22)16(23-18)13-14-9-11-15(12-10-14)20(6-2)7-3/h9-13H,5-8H2,1-4H3/b16-13+,19-18-. The zero-order valence-corrected chi connectivity index (χ0v) is 14.4. The van der Waals surface area contributed by atoms with Gasteiger partial charge in [0.2, 0.25) is 0 Å². The topological polar surface area (TPSA) is 45.1 Å². The van der Waals surface area contributed by atoms with Crippen molar-refractivity contribution in [2.24, 2.45) is 4.99 Å². The van der Waals surface area contributed by atoms with E-state index in [-0.39, 0.29) is 5.91 Å². The van der Waals surface area contributed by atoms with Gasteiger partial charge in [0.15, 0.2) is 5.76 Å². The SMILES string of the molecule is CC/N=C1\O/C(=C/c2ccc(N(CC)CC)cc2)C(=O)N1CC. The van der Waals surface area contributed by atoms with Crippen LogP contribution < -0.4 is 4.90 Å². The first kappa shape index (κ1) is 17.1. The summed E-state index contributed by atoms with van der Waals surface area (Å²) in [5.74, 6) is 0.196. The first-order valence-corrected chi connectivity index (χ1v) is 8.25. The van der Waals surface area contributed by atoms with Crippen molar-refractivity contribution in [3.63, 3.8) is 0 Å². The third kappa shape index (κ3) is 3.73. The van der Waals surface area contributed by atoms with E-state index in [9.17, 15) is 4.79 Å². The summed E-state index contributed by atoms with van der Waals surface area (Å²) in [4.78, 5) is 20.4. The predicted octanol–water partition coefficient (Wildman–Crippen LogP) is 3.13. The Labute approximate surface area is 138 Å². The van der Waals surface area contributed by atoms with Crippen LogP contribution in [0.3, 0.4) is 0 Å². The molecule has 0 unspecified atom stereocenters. The number of likely N-dealkylation sites (N-methyl/N-ethyl adjacent to an activating group) is 1. The number of aliphatic imine (C=N–C) groups is 1. The van der Waals surface area contributed by atoms with Gasteiger partial charge in [0.05, 0.1) is 0 Å². The molecule has 5 heteroatoms. The zero-order chi connectivity index (χ0) is 16.8. The van der Waals surface area contributed by atoms with Crippen molar-refractivity contribution in [2.45, 2.75) is 27.7 Å². The first-order valence-electron chi connectivity index (χ1n) is 8.25. The van der Waals surface area contributed by atoms with Gasteiger partial charge in [-0.2, -0.15) is 0 Å². The molecule has 0 N–H and O–H groups in total. The molecule has 1 fully saturated rings. The maximum Gasteiger partial charge on any atom is 0.300 e. The number of carbonyl (C=O) groups excluding carboxylic acids is 1. The molecule has 1 amide bonds. The van der Waals surface area contributed by atoms with E-state index < -0.39 is 0 Å². The van der Waals surface area contributed by atoms with Crippen LogP contribution in [0.25, 0.3) is 6.08 Å². The van der Waals surface area contributed by atoms with Crippen molar-refractivity contribution in [1.29, 1.82) is 0 Å². The van der Waals surface area contributed by atoms with Crippen molar-refractivity contribution in [2.75, 3.05) is 31.1 Å². The van der Waals surface area contributed by atoms with Crippen LogP contribution in [0, 0.1) is 0 Å². The molecule has 0 saturated carbocycles. The maximum absolute atomic E-state index is 12.3. The highest BCUT2D eigenvalue weighted by Crippen LogP contribution is 2.21. The molecule has 0 aliphatic carbocycles. The number of hydrogen-bond donors (Lipinski definition) is 0. The van der Waals surface area contributed by atoms with E-state index in [4.69, 9.17) is 4.74 Å². The van der Waals surface area contributed by atoms with Crippen LogP contribution in [0.2, 0.25) is 0 Å². The lowest BCUT2D eigenvalue weighted by Gasteiger charge is -2.20. The van der Waals surface area contributed by atoms with Gasteiger partial charge >= 0.3 is 0 Å².